The molecule has 0 bridgehead atoms. The minimum atomic E-state index is -1.01. The average molecular weight is 364 g/mol. The fourth-order valence-electron chi connectivity index (χ4n) is 3.38. The molecule has 2 heterocycles. The quantitative estimate of drug-likeness (QED) is 0.556. The van der Waals surface area contributed by atoms with Crippen LogP contribution in [0.2, 0.25) is 0 Å². The highest BCUT2D eigenvalue weighted by Crippen LogP contribution is 2.21. The maximum Gasteiger partial charge on any atom is 0.326 e. The number of carboxylic acid groups (broad SMARTS) is 2. The van der Waals surface area contributed by atoms with E-state index < -0.39 is 24.0 Å². The van der Waals surface area contributed by atoms with Gasteiger partial charge in [0, 0.05) is 24.2 Å². The highest BCUT2D eigenvalue weighted by Gasteiger charge is 2.35. The number of hydrogen-bond donors (Lipinski definition) is 2. The lowest BCUT2D eigenvalue weighted by atomic mass is 10.1. The maximum atomic E-state index is 12.4. The second kappa shape index (κ2) is 8.16. The number of carbonyl (C=O) groups is 4. The molecule has 2 aliphatic heterocycles. The standard InChI is InChI=1S/C18H24N2O6/c1-11(15(21)19-9-3-5-13(19)17(23)24)7-8-12(2)16(22)20-10-4-6-14(20)18(25)26/h7-8,13-14H,3-6,9-10H2,1-2H3,(H,23,24)(H,25,26). The van der Waals surface area contributed by atoms with Gasteiger partial charge in [0.25, 0.3) is 0 Å². The van der Waals surface area contributed by atoms with Gasteiger partial charge in [0.1, 0.15) is 12.1 Å². The highest BCUT2D eigenvalue weighted by atomic mass is 16.4. The maximum absolute atomic E-state index is 12.4. The van der Waals surface area contributed by atoms with E-state index in [1.807, 2.05) is 0 Å². The Kier molecular flexibility index (Phi) is 6.18. The molecule has 0 saturated carbocycles. The first-order valence-electron chi connectivity index (χ1n) is 8.66. The number of amides is 2. The number of carbonyl (C=O) groups excluding carboxylic acids is 2. The van der Waals surface area contributed by atoms with Crippen molar-refractivity contribution in [3.05, 3.63) is 23.3 Å². The summed E-state index contributed by atoms with van der Waals surface area (Å²) in [7, 11) is 0. The Morgan fingerprint density at radius 3 is 1.42 bits per heavy atom. The molecular formula is C18H24N2O6. The Balaban J connectivity index is 2.08. The van der Waals surface area contributed by atoms with E-state index in [9.17, 15) is 29.4 Å². The predicted molar refractivity (Wildman–Crippen MR) is 92.3 cm³/mol. The summed E-state index contributed by atoms with van der Waals surface area (Å²) >= 11 is 0. The van der Waals surface area contributed by atoms with Crippen molar-refractivity contribution in [2.45, 2.75) is 51.6 Å². The van der Waals surface area contributed by atoms with Crippen LogP contribution in [0.15, 0.2) is 23.3 Å². The van der Waals surface area contributed by atoms with Gasteiger partial charge in [0.2, 0.25) is 11.8 Å². The Morgan fingerprint density at radius 1 is 0.769 bits per heavy atom. The van der Waals surface area contributed by atoms with Crippen molar-refractivity contribution in [3.8, 4) is 0 Å². The summed E-state index contributed by atoms with van der Waals surface area (Å²) in [4.78, 5) is 49.9. The minimum Gasteiger partial charge on any atom is -0.480 e. The summed E-state index contributed by atoms with van der Waals surface area (Å²) in [5, 5.41) is 18.3. The van der Waals surface area contributed by atoms with Crippen LogP contribution < -0.4 is 0 Å². The fourth-order valence-corrected chi connectivity index (χ4v) is 3.38. The van der Waals surface area contributed by atoms with E-state index in [0.29, 0.717) is 49.9 Å². The third kappa shape index (κ3) is 4.12. The van der Waals surface area contributed by atoms with Crippen LogP contribution in [0, 0.1) is 0 Å². The number of allylic oxidation sites excluding steroid dienone is 2. The Labute approximate surface area is 151 Å². The molecule has 0 radical (unpaired) electrons. The number of aliphatic carboxylic acids is 2. The predicted octanol–water partition coefficient (Wildman–Crippen LogP) is 1.03. The van der Waals surface area contributed by atoms with E-state index in [2.05, 4.69) is 0 Å². The first-order valence-corrected chi connectivity index (χ1v) is 8.66. The number of rotatable bonds is 5. The van der Waals surface area contributed by atoms with Crippen LogP contribution in [0.4, 0.5) is 0 Å². The number of likely N-dealkylation sites (tertiary alicyclic amines) is 2. The molecule has 142 valence electrons. The first-order chi connectivity index (χ1) is 12.2. The molecule has 0 aliphatic carbocycles. The summed E-state index contributed by atoms with van der Waals surface area (Å²) < 4.78 is 0. The lowest BCUT2D eigenvalue weighted by molar-refractivity contribution is -0.147. The molecular weight excluding hydrogens is 340 g/mol. The normalized spacial score (nSPS) is 24.1. The van der Waals surface area contributed by atoms with E-state index >= 15 is 0 Å². The number of carboxylic acids is 2. The SMILES string of the molecule is CC(=CC=C(C)C(=O)N1CCCC1C(=O)O)C(=O)N1CCCC1C(=O)O. The molecule has 8 nitrogen and oxygen atoms in total. The zero-order valence-corrected chi connectivity index (χ0v) is 15.0. The Bertz CT molecular complexity index is 623. The monoisotopic (exact) mass is 364 g/mol. The lowest BCUT2D eigenvalue weighted by Gasteiger charge is -2.22. The smallest absolute Gasteiger partial charge is 0.326 e. The van der Waals surface area contributed by atoms with Gasteiger partial charge in [-0.1, -0.05) is 12.2 Å². The summed E-state index contributed by atoms with van der Waals surface area (Å²) in [6.45, 7) is 3.95. The molecule has 0 spiro atoms. The van der Waals surface area contributed by atoms with Gasteiger partial charge < -0.3 is 20.0 Å². The van der Waals surface area contributed by atoms with Gasteiger partial charge in [-0.05, 0) is 39.5 Å². The second-order valence-electron chi connectivity index (χ2n) is 6.69. The van der Waals surface area contributed by atoms with Gasteiger partial charge in [-0.3, -0.25) is 9.59 Å². The molecule has 0 aromatic carbocycles. The van der Waals surface area contributed by atoms with E-state index in [-0.39, 0.29) is 11.8 Å². The minimum absolute atomic E-state index is 0.335. The van der Waals surface area contributed by atoms with Crippen molar-refractivity contribution in [1.29, 1.82) is 0 Å². The molecule has 2 atom stereocenters. The average Bonchev–Trinajstić information content (AvgIpc) is 3.26. The van der Waals surface area contributed by atoms with Crippen LogP contribution >= 0.6 is 0 Å². The number of nitrogens with zero attached hydrogens (tertiary/aromatic N) is 2. The molecule has 8 heteroatoms. The van der Waals surface area contributed by atoms with E-state index in [1.54, 1.807) is 13.8 Å². The van der Waals surface area contributed by atoms with Crippen LogP contribution in [0.5, 0.6) is 0 Å². The van der Waals surface area contributed by atoms with Gasteiger partial charge in [0.15, 0.2) is 0 Å². The summed E-state index contributed by atoms with van der Waals surface area (Å²) in [6, 6.07) is -1.61. The van der Waals surface area contributed by atoms with Gasteiger partial charge in [-0.15, -0.1) is 0 Å². The molecule has 2 amide bonds. The van der Waals surface area contributed by atoms with Crippen molar-refractivity contribution >= 4 is 23.8 Å². The second-order valence-corrected chi connectivity index (χ2v) is 6.69. The van der Waals surface area contributed by atoms with Crippen molar-refractivity contribution < 1.29 is 29.4 Å². The fraction of sp³-hybridized carbons (Fsp3) is 0.556. The zero-order valence-electron chi connectivity index (χ0n) is 15.0. The van der Waals surface area contributed by atoms with Crippen molar-refractivity contribution in [2.75, 3.05) is 13.1 Å². The molecule has 2 unspecified atom stereocenters. The number of hydrogen-bond acceptors (Lipinski definition) is 4. The van der Waals surface area contributed by atoms with Gasteiger partial charge in [-0.2, -0.15) is 0 Å². The molecule has 2 N–H and O–H groups in total. The van der Waals surface area contributed by atoms with E-state index in [0.717, 1.165) is 0 Å². The molecule has 2 saturated heterocycles. The molecule has 2 fully saturated rings. The molecule has 2 rings (SSSR count). The largest absolute Gasteiger partial charge is 0.480 e. The van der Waals surface area contributed by atoms with Gasteiger partial charge in [0.05, 0.1) is 0 Å². The molecule has 0 aromatic heterocycles. The zero-order chi connectivity index (χ0) is 19.4. The van der Waals surface area contributed by atoms with Gasteiger partial charge >= 0.3 is 11.9 Å². The third-order valence-corrected chi connectivity index (χ3v) is 4.86. The van der Waals surface area contributed by atoms with Crippen LogP contribution in [-0.2, 0) is 19.2 Å². The summed E-state index contributed by atoms with van der Waals surface area (Å²) in [5.74, 6) is -2.76. The first kappa shape index (κ1) is 19.7. The Morgan fingerprint density at radius 2 is 1.12 bits per heavy atom. The topological polar surface area (TPSA) is 115 Å². The molecule has 2 aliphatic rings. The van der Waals surface area contributed by atoms with Crippen molar-refractivity contribution in [2.24, 2.45) is 0 Å². The van der Waals surface area contributed by atoms with Crippen LogP contribution in [0.25, 0.3) is 0 Å². The summed E-state index contributed by atoms with van der Waals surface area (Å²) in [5.41, 5.74) is 0.669. The van der Waals surface area contributed by atoms with E-state index in [1.165, 1.54) is 22.0 Å². The highest BCUT2D eigenvalue weighted by molar-refractivity contribution is 5.98. The lowest BCUT2D eigenvalue weighted by Crippen LogP contribution is -2.41. The molecule has 26 heavy (non-hydrogen) atoms. The Hall–Kier alpha value is -2.64. The van der Waals surface area contributed by atoms with Gasteiger partial charge in [-0.25, -0.2) is 9.59 Å². The third-order valence-electron chi connectivity index (χ3n) is 4.86. The van der Waals surface area contributed by atoms with Crippen molar-refractivity contribution in [1.82, 2.24) is 9.80 Å². The van der Waals surface area contributed by atoms with Crippen LogP contribution in [0.3, 0.4) is 0 Å². The van der Waals surface area contributed by atoms with Crippen LogP contribution in [0.1, 0.15) is 39.5 Å². The van der Waals surface area contributed by atoms with E-state index in [4.69, 9.17) is 0 Å². The van der Waals surface area contributed by atoms with Crippen molar-refractivity contribution in [3.63, 3.8) is 0 Å². The molecule has 0 aromatic rings. The van der Waals surface area contributed by atoms with Crippen LogP contribution in [-0.4, -0.2) is 68.9 Å². The summed E-state index contributed by atoms with van der Waals surface area (Å²) in [6.07, 6.45) is 5.14.